The molecule has 0 aliphatic heterocycles. The maximum Gasteiger partial charge on any atom is 0.0273 e. The second kappa shape index (κ2) is 4.94. The first kappa shape index (κ1) is 10.2. The topological polar surface area (TPSA) is 0 Å². The monoisotopic (exact) mass is 214 g/mol. The Bertz CT molecular complexity index is 424. The molecule has 0 unspecified atom stereocenters. The smallest absolute Gasteiger partial charge is 0.0273 e. The van der Waals surface area contributed by atoms with Gasteiger partial charge in [-0.1, -0.05) is 43.3 Å². The minimum Gasteiger partial charge on any atom is -0.144 e. The van der Waals surface area contributed by atoms with E-state index in [0.29, 0.717) is 0 Å². The Morgan fingerprint density at radius 3 is 2.53 bits per heavy atom. The van der Waals surface area contributed by atoms with Gasteiger partial charge in [0, 0.05) is 4.88 Å². The highest BCUT2D eigenvalue weighted by Crippen LogP contribution is 2.23. The van der Waals surface area contributed by atoms with Crippen LogP contribution in [0.2, 0.25) is 0 Å². The van der Waals surface area contributed by atoms with Crippen LogP contribution in [0.15, 0.2) is 47.8 Å². The molecule has 0 N–H and O–H groups in total. The van der Waals surface area contributed by atoms with Crippen molar-refractivity contribution in [1.29, 1.82) is 0 Å². The summed E-state index contributed by atoms with van der Waals surface area (Å²) in [5.41, 5.74) is 2.73. The molecular weight excluding hydrogens is 200 g/mol. The van der Waals surface area contributed by atoms with Gasteiger partial charge in [-0.2, -0.15) is 0 Å². The quantitative estimate of drug-likeness (QED) is 0.694. The van der Waals surface area contributed by atoms with Crippen LogP contribution >= 0.6 is 11.3 Å². The molecule has 0 atom stereocenters. The summed E-state index contributed by atoms with van der Waals surface area (Å²) >= 11 is 1.78. The lowest BCUT2D eigenvalue weighted by molar-refractivity contribution is 1.25. The van der Waals surface area contributed by atoms with Crippen LogP contribution in [0.25, 0.3) is 11.6 Å². The summed E-state index contributed by atoms with van der Waals surface area (Å²) in [6.45, 7) is 2.20. The van der Waals surface area contributed by atoms with Crippen molar-refractivity contribution in [2.45, 2.75) is 13.3 Å². The minimum atomic E-state index is 1.07. The number of hydrogen-bond acceptors (Lipinski definition) is 1. The summed E-state index contributed by atoms with van der Waals surface area (Å²) in [6.07, 6.45) is 3.35. The van der Waals surface area contributed by atoms with Gasteiger partial charge in [-0.15, -0.1) is 11.3 Å². The Balaban J connectivity index is 2.33. The molecular formula is C14H14S. The second-order valence-electron chi connectivity index (χ2n) is 3.40. The zero-order chi connectivity index (χ0) is 10.5. The van der Waals surface area contributed by atoms with Crippen LogP contribution in [0.5, 0.6) is 0 Å². The summed E-state index contributed by atoms with van der Waals surface area (Å²) in [7, 11) is 0. The zero-order valence-corrected chi connectivity index (χ0v) is 9.63. The number of benzene rings is 1. The third kappa shape index (κ3) is 2.57. The summed E-state index contributed by atoms with van der Waals surface area (Å²) < 4.78 is 0. The van der Waals surface area contributed by atoms with Gasteiger partial charge in [-0.05, 0) is 35.1 Å². The van der Waals surface area contributed by atoms with Crippen molar-refractivity contribution in [3.63, 3.8) is 0 Å². The normalized spacial score (nSPS) is 11.7. The zero-order valence-electron chi connectivity index (χ0n) is 8.81. The highest BCUT2D eigenvalue weighted by atomic mass is 32.1. The molecule has 0 fully saturated rings. The minimum absolute atomic E-state index is 1.07. The number of allylic oxidation sites excluding steroid dienone is 1. The lowest BCUT2D eigenvalue weighted by Gasteiger charge is -2.03. The van der Waals surface area contributed by atoms with E-state index in [1.807, 2.05) is 0 Å². The van der Waals surface area contributed by atoms with Gasteiger partial charge in [-0.25, -0.2) is 0 Å². The molecule has 0 aliphatic carbocycles. The van der Waals surface area contributed by atoms with E-state index in [1.165, 1.54) is 16.0 Å². The molecule has 2 aromatic rings. The van der Waals surface area contributed by atoms with E-state index < -0.39 is 0 Å². The van der Waals surface area contributed by atoms with Gasteiger partial charge < -0.3 is 0 Å². The third-order valence-corrected chi connectivity index (χ3v) is 3.20. The summed E-state index contributed by atoms with van der Waals surface area (Å²) in [5.74, 6) is 0. The third-order valence-electron chi connectivity index (χ3n) is 2.39. The number of hydrogen-bond donors (Lipinski definition) is 0. The Kier molecular flexibility index (Phi) is 3.36. The first-order valence-corrected chi connectivity index (χ1v) is 6.07. The van der Waals surface area contributed by atoms with Gasteiger partial charge in [0.2, 0.25) is 0 Å². The molecule has 15 heavy (non-hydrogen) atoms. The van der Waals surface area contributed by atoms with E-state index in [2.05, 4.69) is 60.8 Å². The van der Waals surface area contributed by atoms with Crippen molar-refractivity contribution in [2.24, 2.45) is 0 Å². The molecule has 1 aromatic heterocycles. The van der Waals surface area contributed by atoms with Crippen LogP contribution in [-0.2, 0) is 0 Å². The van der Waals surface area contributed by atoms with Crippen LogP contribution in [0, 0.1) is 0 Å². The Morgan fingerprint density at radius 2 is 1.93 bits per heavy atom. The molecule has 1 heteroatoms. The number of rotatable bonds is 3. The Labute approximate surface area is 94.9 Å². The SMILES string of the molecule is CC/C(=C\c1cccs1)c1ccccc1. The fraction of sp³-hybridized carbons (Fsp3) is 0.143. The fourth-order valence-electron chi connectivity index (χ4n) is 1.59. The average molecular weight is 214 g/mol. The Morgan fingerprint density at radius 1 is 1.13 bits per heavy atom. The second-order valence-corrected chi connectivity index (χ2v) is 4.38. The van der Waals surface area contributed by atoms with Crippen LogP contribution in [-0.4, -0.2) is 0 Å². The van der Waals surface area contributed by atoms with E-state index in [0.717, 1.165) is 6.42 Å². The predicted molar refractivity (Wildman–Crippen MR) is 68.9 cm³/mol. The molecule has 0 saturated carbocycles. The predicted octanol–water partition coefficient (Wildman–Crippen LogP) is 4.70. The van der Waals surface area contributed by atoms with E-state index in [-0.39, 0.29) is 0 Å². The molecule has 1 heterocycles. The van der Waals surface area contributed by atoms with Crippen LogP contribution < -0.4 is 0 Å². The largest absolute Gasteiger partial charge is 0.144 e. The standard InChI is InChI=1S/C14H14S/c1-2-12(11-14-9-6-10-15-14)13-7-4-3-5-8-13/h3-11H,2H2,1H3/b12-11+. The molecule has 0 amide bonds. The fourth-order valence-corrected chi connectivity index (χ4v) is 2.27. The maximum atomic E-state index is 2.28. The van der Waals surface area contributed by atoms with Crippen molar-refractivity contribution >= 4 is 23.0 Å². The molecule has 0 radical (unpaired) electrons. The van der Waals surface area contributed by atoms with Gasteiger partial charge in [0.15, 0.2) is 0 Å². The van der Waals surface area contributed by atoms with Crippen LogP contribution in [0.3, 0.4) is 0 Å². The van der Waals surface area contributed by atoms with Crippen molar-refractivity contribution in [3.8, 4) is 0 Å². The summed E-state index contributed by atoms with van der Waals surface area (Å²) in [5, 5.41) is 2.12. The van der Waals surface area contributed by atoms with Gasteiger partial charge in [0.25, 0.3) is 0 Å². The van der Waals surface area contributed by atoms with E-state index in [9.17, 15) is 0 Å². The van der Waals surface area contributed by atoms with E-state index in [4.69, 9.17) is 0 Å². The lowest BCUT2D eigenvalue weighted by atomic mass is 10.0. The molecule has 1 aromatic carbocycles. The summed E-state index contributed by atoms with van der Waals surface area (Å²) in [6, 6.07) is 14.8. The Hall–Kier alpha value is -1.34. The summed E-state index contributed by atoms with van der Waals surface area (Å²) in [4.78, 5) is 1.33. The highest BCUT2D eigenvalue weighted by Gasteiger charge is 1.98. The first-order valence-electron chi connectivity index (χ1n) is 5.19. The maximum absolute atomic E-state index is 2.28. The molecule has 0 bridgehead atoms. The van der Waals surface area contributed by atoms with E-state index in [1.54, 1.807) is 11.3 Å². The van der Waals surface area contributed by atoms with Gasteiger partial charge in [-0.3, -0.25) is 0 Å². The molecule has 0 nitrogen and oxygen atoms in total. The van der Waals surface area contributed by atoms with E-state index >= 15 is 0 Å². The van der Waals surface area contributed by atoms with Crippen molar-refractivity contribution in [3.05, 3.63) is 58.3 Å². The lowest BCUT2D eigenvalue weighted by Crippen LogP contribution is -1.80. The first-order chi connectivity index (χ1) is 7.40. The van der Waals surface area contributed by atoms with Gasteiger partial charge >= 0.3 is 0 Å². The van der Waals surface area contributed by atoms with Crippen molar-refractivity contribution in [1.82, 2.24) is 0 Å². The number of thiophene rings is 1. The molecule has 0 spiro atoms. The molecule has 2 rings (SSSR count). The van der Waals surface area contributed by atoms with Gasteiger partial charge in [0.05, 0.1) is 0 Å². The average Bonchev–Trinajstić information content (AvgIpc) is 2.80. The van der Waals surface area contributed by atoms with Crippen molar-refractivity contribution in [2.75, 3.05) is 0 Å². The molecule has 0 aliphatic rings. The molecule has 76 valence electrons. The van der Waals surface area contributed by atoms with Crippen LogP contribution in [0.4, 0.5) is 0 Å². The highest BCUT2D eigenvalue weighted by molar-refractivity contribution is 7.10. The van der Waals surface area contributed by atoms with Crippen LogP contribution in [0.1, 0.15) is 23.8 Å². The van der Waals surface area contributed by atoms with Gasteiger partial charge in [0.1, 0.15) is 0 Å². The molecule has 0 saturated heterocycles. The van der Waals surface area contributed by atoms with Crippen molar-refractivity contribution < 1.29 is 0 Å².